The van der Waals surface area contributed by atoms with Crippen LogP contribution in [0.5, 0.6) is 0 Å². The molecule has 0 aliphatic heterocycles. The second-order valence-electron chi connectivity index (χ2n) is 4.59. The smallest absolute Gasteiger partial charge is 0.193 e. The highest BCUT2D eigenvalue weighted by molar-refractivity contribution is 5.96. The first-order valence-corrected chi connectivity index (χ1v) is 5.93. The molecule has 0 spiro atoms. The first-order chi connectivity index (χ1) is 8.22. The van der Waals surface area contributed by atoms with Crippen molar-refractivity contribution in [2.45, 2.75) is 25.7 Å². The Balaban J connectivity index is 2.31. The molecule has 1 aliphatic rings. The Kier molecular flexibility index (Phi) is 2.26. The fourth-order valence-corrected chi connectivity index (χ4v) is 2.26. The summed E-state index contributed by atoms with van der Waals surface area (Å²) in [7, 11) is 0. The zero-order valence-corrected chi connectivity index (χ0v) is 9.81. The maximum Gasteiger partial charge on any atom is 0.193 e. The molecule has 0 saturated heterocycles. The number of hydrogen-bond acceptors (Lipinski definition) is 3. The molecular weight excluding hydrogens is 214 g/mol. The van der Waals surface area contributed by atoms with E-state index in [1.54, 1.807) is 0 Å². The Morgan fingerprint density at radius 3 is 2.94 bits per heavy atom. The topological polar surface area (TPSA) is 60.4 Å². The number of ketones is 1. The highest BCUT2D eigenvalue weighted by Crippen LogP contribution is 2.40. The summed E-state index contributed by atoms with van der Waals surface area (Å²) in [5.74, 6) is 1.51. The Morgan fingerprint density at radius 2 is 2.29 bits per heavy atom. The van der Waals surface area contributed by atoms with Crippen molar-refractivity contribution in [2.24, 2.45) is 5.73 Å². The molecule has 1 saturated carbocycles. The number of fused-ring (bicyclic) bond motifs is 1. The number of aromatic nitrogens is 2. The van der Waals surface area contributed by atoms with Crippen molar-refractivity contribution >= 4 is 11.3 Å². The van der Waals surface area contributed by atoms with Crippen LogP contribution in [0.4, 0.5) is 0 Å². The molecule has 0 atom stereocenters. The van der Waals surface area contributed by atoms with E-state index in [1.165, 1.54) is 12.8 Å². The molecule has 2 aromatic rings. The number of carbonyl (C=O) groups excluding carboxylic acids is 1. The van der Waals surface area contributed by atoms with Gasteiger partial charge in [-0.05, 0) is 31.9 Å². The van der Waals surface area contributed by atoms with E-state index in [0.29, 0.717) is 11.6 Å². The first-order valence-electron chi connectivity index (χ1n) is 5.93. The maximum absolute atomic E-state index is 11.9. The molecule has 1 fully saturated rings. The van der Waals surface area contributed by atoms with Gasteiger partial charge in [0.2, 0.25) is 0 Å². The summed E-state index contributed by atoms with van der Waals surface area (Å²) in [5.41, 5.74) is 8.12. The van der Waals surface area contributed by atoms with Crippen LogP contribution in [0.3, 0.4) is 0 Å². The average molecular weight is 229 g/mol. The zero-order chi connectivity index (χ0) is 12.0. The molecule has 2 N–H and O–H groups in total. The van der Waals surface area contributed by atoms with Gasteiger partial charge >= 0.3 is 0 Å². The van der Waals surface area contributed by atoms with E-state index in [0.717, 1.165) is 17.0 Å². The van der Waals surface area contributed by atoms with Crippen molar-refractivity contribution in [3.05, 3.63) is 35.4 Å². The van der Waals surface area contributed by atoms with Crippen LogP contribution >= 0.6 is 0 Å². The Hall–Kier alpha value is -1.68. The predicted octanol–water partition coefficient (Wildman–Crippen LogP) is 1.66. The highest BCUT2D eigenvalue weighted by atomic mass is 16.1. The van der Waals surface area contributed by atoms with Crippen LogP contribution in [-0.4, -0.2) is 21.7 Å². The summed E-state index contributed by atoms with van der Waals surface area (Å²) < 4.78 is 1.99. The van der Waals surface area contributed by atoms with Crippen LogP contribution in [0.1, 0.15) is 40.8 Å². The van der Waals surface area contributed by atoms with Crippen molar-refractivity contribution in [3.63, 3.8) is 0 Å². The van der Waals surface area contributed by atoms with Gasteiger partial charge in [0.1, 0.15) is 5.82 Å². The number of hydrogen-bond donors (Lipinski definition) is 1. The Labute approximate surface area is 99.5 Å². The summed E-state index contributed by atoms with van der Waals surface area (Å²) in [5, 5.41) is 0. The molecule has 0 amide bonds. The molecule has 2 aromatic heterocycles. The van der Waals surface area contributed by atoms with Gasteiger partial charge in [0.25, 0.3) is 0 Å². The SMILES string of the molecule is Cc1nc(C2CC2)n2c(C(=O)CN)cccc12. The molecule has 0 aromatic carbocycles. The molecule has 1 aliphatic carbocycles. The standard InChI is InChI=1S/C13H15N3O/c1-8-10-3-2-4-11(12(17)7-14)16(10)13(15-8)9-5-6-9/h2-4,9H,5-7,14H2,1H3. The number of carbonyl (C=O) groups is 1. The summed E-state index contributed by atoms with van der Waals surface area (Å²) in [6.45, 7) is 2.03. The largest absolute Gasteiger partial charge is 0.324 e. The lowest BCUT2D eigenvalue weighted by Gasteiger charge is -2.06. The summed E-state index contributed by atoms with van der Waals surface area (Å²) in [6, 6.07) is 5.72. The predicted molar refractivity (Wildman–Crippen MR) is 65.3 cm³/mol. The number of nitrogens with two attached hydrogens (primary N) is 1. The molecule has 0 bridgehead atoms. The molecule has 3 rings (SSSR count). The Bertz CT molecular complexity index is 596. The van der Waals surface area contributed by atoms with Gasteiger partial charge in [0.05, 0.1) is 23.4 Å². The van der Waals surface area contributed by atoms with Crippen LogP contribution in [0.25, 0.3) is 5.52 Å². The van der Waals surface area contributed by atoms with E-state index >= 15 is 0 Å². The van der Waals surface area contributed by atoms with Gasteiger partial charge < -0.3 is 5.73 Å². The molecule has 0 unspecified atom stereocenters. The molecule has 17 heavy (non-hydrogen) atoms. The second kappa shape index (κ2) is 3.67. The van der Waals surface area contributed by atoms with Gasteiger partial charge in [0.15, 0.2) is 5.78 Å². The van der Waals surface area contributed by atoms with E-state index in [4.69, 9.17) is 5.73 Å². The number of pyridine rings is 1. The van der Waals surface area contributed by atoms with E-state index in [9.17, 15) is 4.79 Å². The quantitative estimate of drug-likeness (QED) is 0.814. The number of aryl methyl sites for hydroxylation is 1. The number of imidazole rings is 1. The van der Waals surface area contributed by atoms with Crippen molar-refractivity contribution in [1.82, 2.24) is 9.38 Å². The lowest BCUT2D eigenvalue weighted by atomic mass is 10.2. The van der Waals surface area contributed by atoms with Crippen molar-refractivity contribution in [3.8, 4) is 0 Å². The normalized spacial score (nSPS) is 15.4. The molecule has 4 heteroatoms. The zero-order valence-electron chi connectivity index (χ0n) is 9.81. The van der Waals surface area contributed by atoms with Crippen molar-refractivity contribution in [2.75, 3.05) is 6.54 Å². The van der Waals surface area contributed by atoms with Gasteiger partial charge in [-0.1, -0.05) is 6.07 Å². The van der Waals surface area contributed by atoms with Gasteiger partial charge in [-0.3, -0.25) is 9.20 Å². The maximum atomic E-state index is 11.9. The Morgan fingerprint density at radius 1 is 1.53 bits per heavy atom. The third-order valence-electron chi connectivity index (χ3n) is 3.29. The number of nitrogens with zero attached hydrogens (tertiary/aromatic N) is 2. The first kappa shape index (κ1) is 10.5. The van der Waals surface area contributed by atoms with E-state index in [1.807, 2.05) is 29.5 Å². The van der Waals surface area contributed by atoms with Crippen LogP contribution in [0, 0.1) is 6.92 Å². The third kappa shape index (κ3) is 1.56. The minimum absolute atomic E-state index is 0.0325. The van der Waals surface area contributed by atoms with E-state index in [-0.39, 0.29) is 12.3 Å². The van der Waals surface area contributed by atoms with Gasteiger partial charge in [-0.2, -0.15) is 0 Å². The van der Waals surface area contributed by atoms with Gasteiger partial charge in [-0.15, -0.1) is 0 Å². The molecule has 2 heterocycles. The summed E-state index contributed by atoms with van der Waals surface area (Å²) in [4.78, 5) is 16.5. The van der Waals surface area contributed by atoms with Crippen LogP contribution in [0.15, 0.2) is 18.2 Å². The second-order valence-corrected chi connectivity index (χ2v) is 4.59. The van der Waals surface area contributed by atoms with Crippen LogP contribution in [-0.2, 0) is 0 Å². The third-order valence-corrected chi connectivity index (χ3v) is 3.29. The number of Topliss-reactive ketones (excluding diaryl/α,β-unsaturated/α-hetero) is 1. The molecule has 88 valence electrons. The summed E-state index contributed by atoms with van der Waals surface area (Å²) in [6.07, 6.45) is 2.34. The fourth-order valence-electron chi connectivity index (χ4n) is 2.26. The monoisotopic (exact) mass is 229 g/mol. The molecular formula is C13H15N3O. The van der Waals surface area contributed by atoms with Crippen molar-refractivity contribution in [1.29, 1.82) is 0 Å². The lowest BCUT2D eigenvalue weighted by molar-refractivity contribution is 0.0995. The van der Waals surface area contributed by atoms with Gasteiger partial charge in [-0.25, -0.2) is 4.98 Å². The van der Waals surface area contributed by atoms with E-state index < -0.39 is 0 Å². The van der Waals surface area contributed by atoms with Crippen LogP contribution < -0.4 is 5.73 Å². The number of rotatable bonds is 3. The lowest BCUT2D eigenvalue weighted by Crippen LogP contribution is -2.17. The van der Waals surface area contributed by atoms with Crippen LogP contribution in [0.2, 0.25) is 0 Å². The average Bonchev–Trinajstić information content (AvgIpc) is 3.14. The molecule has 0 radical (unpaired) electrons. The highest BCUT2D eigenvalue weighted by Gasteiger charge is 2.30. The minimum atomic E-state index is -0.0325. The minimum Gasteiger partial charge on any atom is -0.324 e. The fraction of sp³-hybridized carbons (Fsp3) is 0.385. The van der Waals surface area contributed by atoms with Gasteiger partial charge in [0, 0.05) is 5.92 Å². The summed E-state index contributed by atoms with van der Waals surface area (Å²) >= 11 is 0. The van der Waals surface area contributed by atoms with E-state index in [2.05, 4.69) is 4.98 Å². The van der Waals surface area contributed by atoms with Crippen molar-refractivity contribution < 1.29 is 4.79 Å². The molecule has 4 nitrogen and oxygen atoms in total.